The zero-order valence-corrected chi connectivity index (χ0v) is 11.9. The molecular weight excluding hydrogens is 248 g/mol. The molecule has 0 fully saturated rings. The van der Waals surface area contributed by atoms with Crippen molar-refractivity contribution < 1.29 is 14.1 Å². The van der Waals surface area contributed by atoms with E-state index in [1.54, 1.807) is 0 Å². The van der Waals surface area contributed by atoms with Gasteiger partial charge in [0.25, 0.3) is 0 Å². The van der Waals surface area contributed by atoms with Gasteiger partial charge >= 0.3 is 0 Å². The van der Waals surface area contributed by atoms with Gasteiger partial charge < -0.3 is 9.84 Å². The average Bonchev–Trinajstić information content (AvgIpc) is 2.37. The van der Waals surface area contributed by atoms with Gasteiger partial charge in [0.15, 0.2) is 0 Å². The molecule has 0 aliphatic carbocycles. The maximum atomic E-state index is 11.5. The Bertz CT molecular complexity index is 360. The van der Waals surface area contributed by atoms with Crippen LogP contribution in [0, 0.1) is 0 Å². The monoisotopic (exact) mass is 270 g/mol. The van der Waals surface area contributed by atoms with E-state index in [4.69, 9.17) is 9.84 Å². The first-order chi connectivity index (χ1) is 8.63. The van der Waals surface area contributed by atoms with Gasteiger partial charge in [-0.2, -0.15) is 0 Å². The largest absolute Gasteiger partial charge is 0.493 e. The average molecular weight is 270 g/mol. The van der Waals surface area contributed by atoms with Crippen molar-refractivity contribution >= 4 is 10.8 Å². The van der Waals surface area contributed by atoms with Crippen LogP contribution in [0.5, 0.6) is 5.75 Å². The van der Waals surface area contributed by atoms with Crippen LogP contribution < -0.4 is 4.74 Å². The molecule has 1 aromatic carbocycles. The van der Waals surface area contributed by atoms with Crippen LogP contribution in [-0.2, 0) is 10.8 Å². The molecule has 1 unspecified atom stereocenters. The standard InChI is InChI=1S/C14H22O3S/c1-12(2)13-4-6-14(7-5-13)17-9-11-18(16)10-3-8-15/h4-7,12,15H,3,8-11H2,1-2H3. The summed E-state index contributed by atoms with van der Waals surface area (Å²) in [5.41, 5.74) is 1.29. The number of ether oxygens (including phenoxy) is 1. The number of benzene rings is 1. The molecule has 0 amide bonds. The van der Waals surface area contributed by atoms with Crippen molar-refractivity contribution in [2.75, 3.05) is 24.7 Å². The van der Waals surface area contributed by atoms with E-state index in [0.717, 1.165) is 5.75 Å². The van der Waals surface area contributed by atoms with Crippen LogP contribution in [-0.4, -0.2) is 34.0 Å². The van der Waals surface area contributed by atoms with Gasteiger partial charge in [-0.3, -0.25) is 4.21 Å². The smallest absolute Gasteiger partial charge is 0.119 e. The molecule has 18 heavy (non-hydrogen) atoms. The van der Waals surface area contributed by atoms with Crippen molar-refractivity contribution in [1.29, 1.82) is 0 Å². The summed E-state index contributed by atoms with van der Waals surface area (Å²) in [5.74, 6) is 2.40. The minimum atomic E-state index is -0.890. The van der Waals surface area contributed by atoms with Gasteiger partial charge in [-0.1, -0.05) is 26.0 Å². The molecule has 1 atom stereocenters. The van der Waals surface area contributed by atoms with Gasteiger partial charge in [0, 0.05) is 23.2 Å². The van der Waals surface area contributed by atoms with E-state index in [1.165, 1.54) is 5.56 Å². The van der Waals surface area contributed by atoms with E-state index in [0.29, 0.717) is 30.5 Å². The minimum absolute atomic E-state index is 0.100. The fourth-order valence-electron chi connectivity index (χ4n) is 1.53. The Kier molecular flexibility index (Phi) is 6.98. The van der Waals surface area contributed by atoms with Crippen LogP contribution in [0.1, 0.15) is 31.7 Å². The van der Waals surface area contributed by atoms with Crippen LogP contribution in [0.3, 0.4) is 0 Å². The lowest BCUT2D eigenvalue weighted by Gasteiger charge is -2.08. The Morgan fingerprint density at radius 2 is 1.89 bits per heavy atom. The van der Waals surface area contributed by atoms with Crippen LogP contribution in [0.2, 0.25) is 0 Å². The van der Waals surface area contributed by atoms with Gasteiger partial charge in [0.1, 0.15) is 5.75 Å². The Labute approximate surface area is 112 Å². The van der Waals surface area contributed by atoms with Crippen LogP contribution in [0.4, 0.5) is 0 Å². The number of hydrogen-bond acceptors (Lipinski definition) is 3. The maximum absolute atomic E-state index is 11.5. The second-order valence-electron chi connectivity index (χ2n) is 4.50. The third-order valence-electron chi connectivity index (χ3n) is 2.66. The third-order valence-corrected chi connectivity index (χ3v) is 4.02. The van der Waals surface area contributed by atoms with Crippen molar-refractivity contribution in [3.8, 4) is 5.75 Å². The molecule has 0 aliphatic heterocycles. The lowest BCUT2D eigenvalue weighted by atomic mass is 10.0. The van der Waals surface area contributed by atoms with Crippen LogP contribution in [0.25, 0.3) is 0 Å². The summed E-state index contributed by atoms with van der Waals surface area (Å²) in [4.78, 5) is 0. The fourth-order valence-corrected chi connectivity index (χ4v) is 2.45. The molecule has 0 spiro atoms. The quantitative estimate of drug-likeness (QED) is 0.788. The first kappa shape index (κ1) is 15.2. The molecule has 1 aromatic rings. The molecule has 4 heteroatoms. The Morgan fingerprint density at radius 3 is 2.44 bits per heavy atom. The highest BCUT2D eigenvalue weighted by molar-refractivity contribution is 7.84. The van der Waals surface area contributed by atoms with E-state index < -0.39 is 10.8 Å². The zero-order chi connectivity index (χ0) is 13.4. The number of hydrogen-bond donors (Lipinski definition) is 1. The first-order valence-corrected chi connectivity index (χ1v) is 7.81. The first-order valence-electron chi connectivity index (χ1n) is 6.32. The Morgan fingerprint density at radius 1 is 1.22 bits per heavy atom. The van der Waals surface area contributed by atoms with Gasteiger partial charge in [0.2, 0.25) is 0 Å². The van der Waals surface area contributed by atoms with Crippen LogP contribution >= 0.6 is 0 Å². The predicted molar refractivity (Wildman–Crippen MR) is 75.6 cm³/mol. The van der Waals surface area contributed by atoms with Crippen molar-refractivity contribution in [3.05, 3.63) is 29.8 Å². The van der Waals surface area contributed by atoms with E-state index in [9.17, 15) is 4.21 Å². The topological polar surface area (TPSA) is 46.5 Å². The molecule has 0 aromatic heterocycles. The third kappa shape index (κ3) is 5.65. The SMILES string of the molecule is CC(C)c1ccc(OCCS(=O)CCCO)cc1. The molecule has 0 saturated carbocycles. The molecule has 0 bridgehead atoms. The summed E-state index contributed by atoms with van der Waals surface area (Å²) in [6.07, 6.45) is 0.593. The molecule has 0 radical (unpaired) electrons. The molecule has 1 rings (SSSR count). The summed E-state index contributed by atoms with van der Waals surface area (Å²) in [5, 5.41) is 8.62. The normalized spacial score (nSPS) is 12.7. The summed E-state index contributed by atoms with van der Waals surface area (Å²) < 4.78 is 17.0. The van der Waals surface area contributed by atoms with E-state index >= 15 is 0 Å². The summed E-state index contributed by atoms with van der Waals surface area (Å²) in [7, 11) is -0.890. The lowest BCUT2D eigenvalue weighted by molar-refractivity contribution is 0.295. The fraction of sp³-hybridized carbons (Fsp3) is 0.571. The van der Waals surface area contributed by atoms with Gasteiger partial charge in [-0.25, -0.2) is 0 Å². The van der Waals surface area contributed by atoms with Crippen molar-refractivity contribution in [2.24, 2.45) is 0 Å². The second-order valence-corrected chi connectivity index (χ2v) is 6.19. The molecular formula is C14H22O3S. The van der Waals surface area contributed by atoms with Gasteiger partial charge in [-0.05, 0) is 30.0 Å². The highest BCUT2D eigenvalue weighted by atomic mass is 32.2. The summed E-state index contributed by atoms with van der Waals surface area (Å²) >= 11 is 0. The minimum Gasteiger partial charge on any atom is -0.493 e. The molecule has 0 heterocycles. The number of rotatable bonds is 8. The lowest BCUT2D eigenvalue weighted by Crippen LogP contribution is -2.11. The summed E-state index contributed by atoms with van der Waals surface area (Å²) in [6, 6.07) is 8.02. The summed E-state index contributed by atoms with van der Waals surface area (Å²) in [6.45, 7) is 4.86. The maximum Gasteiger partial charge on any atom is 0.119 e. The molecule has 0 aliphatic rings. The van der Waals surface area contributed by atoms with E-state index in [2.05, 4.69) is 26.0 Å². The predicted octanol–water partition coefficient (Wildman–Crippen LogP) is 2.32. The molecule has 0 saturated heterocycles. The number of aliphatic hydroxyl groups excluding tert-OH is 1. The molecule has 3 nitrogen and oxygen atoms in total. The van der Waals surface area contributed by atoms with E-state index in [1.807, 2.05) is 12.1 Å². The van der Waals surface area contributed by atoms with Crippen molar-refractivity contribution in [2.45, 2.75) is 26.2 Å². The Hall–Kier alpha value is -0.870. The zero-order valence-electron chi connectivity index (χ0n) is 11.1. The second kappa shape index (κ2) is 8.27. The highest BCUT2D eigenvalue weighted by Crippen LogP contribution is 2.18. The Balaban J connectivity index is 2.29. The molecule has 1 N–H and O–H groups in total. The van der Waals surface area contributed by atoms with Gasteiger partial charge in [0.05, 0.1) is 12.4 Å². The van der Waals surface area contributed by atoms with Crippen LogP contribution in [0.15, 0.2) is 24.3 Å². The highest BCUT2D eigenvalue weighted by Gasteiger charge is 2.02. The van der Waals surface area contributed by atoms with Crippen molar-refractivity contribution in [1.82, 2.24) is 0 Å². The van der Waals surface area contributed by atoms with Crippen molar-refractivity contribution in [3.63, 3.8) is 0 Å². The van der Waals surface area contributed by atoms with Gasteiger partial charge in [-0.15, -0.1) is 0 Å². The molecule has 102 valence electrons. The van der Waals surface area contributed by atoms with E-state index in [-0.39, 0.29) is 6.61 Å². The number of aliphatic hydroxyl groups is 1.